The number of aromatic carboxylic acids is 1. The lowest BCUT2D eigenvalue weighted by Gasteiger charge is -2.19. The number of aromatic hydroxyl groups is 1. The maximum atomic E-state index is 13.1. The molecule has 1 saturated heterocycles. The lowest BCUT2D eigenvalue weighted by atomic mass is 9.90. The molecule has 0 bridgehead atoms. The van der Waals surface area contributed by atoms with E-state index in [1.807, 2.05) is 0 Å². The Bertz CT molecular complexity index is 2770. The smallest absolute Gasteiger partial charge is 0.490 e. The van der Waals surface area contributed by atoms with Crippen LogP contribution >= 0.6 is 23.5 Å². The van der Waals surface area contributed by atoms with Crippen molar-refractivity contribution in [3.63, 3.8) is 0 Å². The highest BCUT2D eigenvalue weighted by atomic mass is 31.3. The van der Waals surface area contributed by atoms with E-state index in [1.54, 1.807) is 0 Å². The average Bonchev–Trinajstić information content (AvgIpc) is 3.59. The number of ether oxygens (including phenoxy) is 1. The Morgan fingerprint density at radius 3 is 2.43 bits per heavy atom. The number of benzene rings is 3. The second-order valence-corrected chi connectivity index (χ2v) is 16.7. The van der Waals surface area contributed by atoms with Crippen molar-refractivity contribution in [1.82, 2.24) is 14.9 Å². The van der Waals surface area contributed by atoms with Gasteiger partial charge < -0.3 is 50.0 Å². The van der Waals surface area contributed by atoms with Gasteiger partial charge in [-0.3, -0.25) is 18.7 Å². The van der Waals surface area contributed by atoms with Gasteiger partial charge in [-0.1, -0.05) is 17.9 Å². The number of carboxylic acid groups (broad SMARTS) is 1. The predicted molar refractivity (Wildman–Crippen MR) is 198 cm³/mol. The minimum atomic E-state index is -5.72. The van der Waals surface area contributed by atoms with Crippen LogP contribution in [0.25, 0.3) is 33.4 Å². The number of nitrogens with zero attached hydrogens (tertiary/aromatic N) is 2. The number of phosphoric ester groups is 1. The van der Waals surface area contributed by atoms with Gasteiger partial charge in [-0.2, -0.15) is 13.6 Å². The van der Waals surface area contributed by atoms with E-state index in [0.29, 0.717) is 16.5 Å². The lowest BCUT2D eigenvalue weighted by Crippen LogP contribution is -2.29. The fourth-order valence-electron chi connectivity index (χ4n) is 5.87. The standard InChI is InChI=1S/C33H29N4O18P3/c34-30-18(15-37(33(43)36-30)28-10-6-21(52-28)16-51-57(47,48)55-58(49,50)54-56(44,45)46)2-1-11-35-31(40)17-3-7-22(25(12-17)32(41)42)29-23-8-4-19(38)13-26(23)53-27-14-20(39)5-9-24(27)29/h3-5,7-9,12-15,21,28,38H,6,10-11,16H2,(H,35,40)(H,41,42)(H,47,48)(H,49,50)(H2,34,36,43)(H2,44,45,46)/t21-,28+/m0/s1. The highest BCUT2D eigenvalue weighted by molar-refractivity contribution is 7.66. The van der Waals surface area contributed by atoms with Crippen molar-refractivity contribution in [3.8, 4) is 40.0 Å². The third-order valence-corrected chi connectivity index (χ3v) is 12.0. The molecule has 1 aliphatic carbocycles. The van der Waals surface area contributed by atoms with Crippen LogP contribution < -0.4 is 22.2 Å². The van der Waals surface area contributed by atoms with E-state index in [2.05, 4.69) is 35.3 Å². The third kappa shape index (κ3) is 9.94. The summed E-state index contributed by atoms with van der Waals surface area (Å²) in [7, 11) is -16.7. The number of hydrogen-bond donors (Lipinski definition) is 8. The summed E-state index contributed by atoms with van der Waals surface area (Å²) in [5.74, 6) is 3.03. The normalized spacial score (nSPS) is 17.6. The summed E-state index contributed by atoms with van der Waals surface area (Å²) in [4.78, 5) is 90.4. The highest BCUT2D eigenvalue weighted by Gasteiger charge is 2.41. The SMILES string of the molecule is Nc1nc(=O)n([C@H]2CC[C@@H](COP(=O)(O)OP(=O)(O)OP(=O)(O)O)O2)cc1C#CCNC(=O)c1ccc(-c2c3ccc(=O)cc-3oc3cc(O)ccc23)c(C(=O)O)c1. The maximum Gasteiger partial charge on any atom is 0.490 e. The van der Waals surface area contributed by atoms with Crippen molar-refractivity contribution in [2.45, 2.75) is 25.2 Å². The molecule has 4 atom stereocenters. The second-order valence-electron chi connectivity index (χ2n) is 12.3. The summed E-state index contributed by atoms with van der Waals surface area (Å²) < 4.78 is 58.8. The first-order valence-corrected chi connectivity index (χ1v) is 20.9. The first-order valence-electron chi connectivity index (χ1n) is 16.4. The van der Waals surface area contributed by atoms with Gasteiger partial charge in [-0.05, 0) is 54.8 Å². The number of carboxylic acids is 1. The molecule has 0 saturated carbocycles. The minimum absolute atomic E-state index is 0.0349. The molecule has 0 radical (unpaired) electrons. The van der Waals surface area contributed by atoms with Crippen molar-refractivity contribution >= 4 is 52.1 Å². The van der Waals surface area contributed by atoms with Crippen LogP contribution in [-0.4, -0.2) is 70.5 Å². The molecule has 3 aliphatic rings. The number of carbonyl (C=O) groups is 2. The van der Waals surface area contributed by atoms with E-state index in [1.165, 1.54) is 60.8 Å². The van der Waals surface area contributed by atoms with Gasteiger partial charge in [0.15, 0.2) is 5.43 Å². The van der Waals surface area contributed by atoms with Crippen molar-refractivity contribution in [2.24, 2.45) is 0 Å². The number of nitrogens with one attached hydrogen (secondary N) is 1. The van der Waals surface area contributed by atoms with Gasteiger partial charge in [0.2, 0.25) is 0 Å². The molecule has 58 heavy (non-hydrogen) atoms. The number of rotatable bonds is 12. The molecular weight excluding hydrogens is 833 g/mol. The monoisotopic (exact) mass is 862 g/mol. The number of nitrogens with two attached hydrogens (primary N) is 1. The van der Waals surface area contributed by atoms with E-state index in [0.717, 1.165) is 4.57 Å². The Hall–Kier alpha value is -5.52. The van der Waals surface area contributed by atoms with Crippen LogP contribution in [0.15, 0.2) is 74.8 Å². The molecule has 2 unspecified atom stereocenters. The first-order chi connectivity index (χ1) is 27.2. The Morgan fingerprint density at radius 1 is 0.966 bits per heavy atom. The molecule has 3 aromatic rings. The summed E-state index contributed by atoms with van der Waals surface area (Å²) in [5, 5.41) is 23.2. The van der Waals surface area contributed by atoms with Gasteiger partial charge in [0, 0.05) is 40.4 Å². The van der Waals surface area contributed by atoms with Crippen molar-refractivity contribution < 1.29 is 75.4 Å². The summed E-state index contributed by atoms with van der Waals surface area (Å²) in [6.45, 7) is -1.01. The number of anilines is 1. The van der Waals surface area contributed by atoms with Gasteiger partial charge in [0.05, 0.1) is 30.4 Å². The number of phosphoric acid groups is 3. The van der Waals surface area contributed by atoms with E-state index >= 15 is 0 Å². The molecule has 304 valence electrons. The zero-order chi connectivity index (χ0) is 42.2. The number of nitrogen functional groups attached to an aromatic ring is 1. The number of carbonyl (C=O) groups excluding carboxylic acids is 1. The van der Waals surface area contributed by atoms with Crippen LogP contribution in [0.4, 0.5) is 5.82 Å². The molecule has 2 aliphatic heterocycles. The lowest BCUT2D eigenvalue weighted by molar-refractivity contribution is -0.0242. The molecule has 3 heterocycles. The molecule has 9 N–H and O–H groups in total. The Morgan fingerprint density at radius 2 is 1.71 bits per heavy atom. The first kappa shape index (κ1) is 42.1. The number of amides is 1. The molecule has 25 heteroatoms. The van der Waals surface area contributed by atoms with E-state index in [4.69, 9.17) is 24.7 Å². The number of aromatic nitrogens is 2. The zero-order valence-electron chi connectivity index (χ0n) is 29.2. The summed E-state index contributed by atoms with van der Waals surface area (Å²) in [6, 6.07) is 12.3. The van der Waals surface area contributed by atoms with Crippen LogP contribution in [0.2, 0.25) is 0 Å². The van der Waals surface area contributed by atoms with Crippen LogP contribution in [-0.2, 0) is 31.6 Å². The van der Waals surface area contributed by atoms with Gasteiger partial charge >= 0.3 is 35.1 Å². The molecule has 6 rings (SSSR count). The fraction of sp³-hybridized carbons (Fsp3) is 0.182. The van der Waals surface area contributed by atoms with Crippen molar-refractivity contribution in [1.29, 1.82) is 0 Å². The van der Waals surface area contributed by atoms with E-state index < -0.39 is 60.0 Å². The Kier molecular flexibility index (Phi) is 11.9. The minimum Gasteiger partial charge on any atom is -0.508 e. The summed E-state index contributed by atoms with van der Waals surface area (Å²) in [6.07, 6.45) is -0.526. The largest absolute Gasteiger partial charge is 0.508 e. The summed E-state index contributed by atoms with van der Waals surface area (Å²) >= 11 is 0. The summed E-state index contributed by atoms with van der Waals surface area (Å²) in [5.41, 5.74) is 5.62. The topological polar surface area (TPSA) is 347 Å². The average molecular weight is 863 g/mol. The van der Waals surface area contributed by atoms with E-state index in [-0.39, 0.29) is 70.0 Å². The van der Waals surface area contributed by atoms with Gasteiger partial charge in [-0.25, -0.2) is 23.3 Å². The number of fused-ring (bicyclic) bond motifs is 2. The quantitative estimate of drug-likeness (QED) is 0.0508. The van der Waals surface area contributed by atoms with E-state index in [9.17, 15) is 52.9 Å². The Balaban J connectivity index is 1.13. The van der Waals surface area contributed by atoms with Gasteiger partial charge in [-0.15, -0.1) is 0 Å². The van der Waals surface area contributed by atoms with Crippen LogP contribution in [0.3, 0.4) is 0 Å². The molecule has 1 amide bonds. The molecule has 22 nitrogen and oxygen atoms in total. The predicted octanol–water partition coefficient (Wildman–Crippen LogP) is 2.91. The number of hydrogen-bond acceptors (Lipinski definition) is 15. The second kappa shape index (κ2) is 16.4. The van der Waals surface area contributed by atoms with Gasteiger partial charge in [0.25, 0.3) is 5.91 Å². The molecule has 0 spiro atoms. The fourth-order valence-corrected chi connectivity index (χ4v) is 8.92. The molecular formula is C33H29N4O18P3. The van der Waals surface area contributed by atoms with Crippen LogP contribution in [0, 0.1) is 11.8 Å². The van der Waals surface area contributed by atoms with Gasteiger partial charge in [0.1, 0.15) is 29.1 Å². The van der Waals surface area contributed by atoms with Crippen LogP contribution in [0.5, 0.6) is 5.75 Å². The highest BCUT2D eigenvalue weighted by Crippen LogP contribution is 2.66. The van der Waals surface area contributed by atoms with Crippen LogP contribution in [0.1, 0.15) is 45.3 Å². The number of phenolic OH excluding ortho intramolecular Hbond substituents is 1. The molecule has 1 aromatic heterocycles. The molecule has 2 aromatic carbocycles. The number of phenols is 1. The zero-order valence-corrected chi connectivity index (χ0v) is 31.8. The van der Waals surface area contributed by atoms with Crippen molar-refractivity contribution in [3.05, 3.63) is 98.2 Å². The van der Waals surface area contributed by atoms with Crippen molar-refractivity contribution in [2.75, 3.05) is 18.9 Å². The maximum absolute atomic E-state index is 13.1. The molecule has 1 fully saturated rings. The third-order valence-electron chi connectivity index (χ3n) is 8.23. The Labute approximate surface area is 324 Å².